The maximum atomic E-state index is 5.92. The fraction of sp³-hybridized carbons (Fsp3) is 0.417. The lowest BCUT2D eigenvalue weighted by atomic mass is 10.1. The summed E-state index contributed by atoms with van der Waals surface area (Å²) in [5.74, 6) is 0.864. The molecule has 17 heavy (non-hydrogen) atoms. The standard InChI is InChI=1S/C12H17N5/c1-7(2)11-10(13)6-17(16-11)12-14-8(3)5-9(4)15-12/h5-7H,13H2,1-4H3. The van der Waals surface area contributed by atoms with Gasteiger partial charge in [-0.15, -0.1) is 0 Å². The van der Waals surface area contributed by atoms with E-state index in [1.807, 2.05) is 19.9 Å². The first-order chi connectivity index (χ1) is 7.97. The zero-order valence-corrected chi connectivity index (χ0v) is 10.6. The Labute approximate surface area is 101 Å². The Hall–Kier alpha value is -1.91. The summed E-state index contributed by atoms with van der Waals surface area (Å²) in [4.78, 5) is 8.70. The summed E-state index contributed by atoms with van der Waals surface area (Å²) in [6.45, 7) is 8.00. The normalized spacial score (nSPS) is 11.1. The van der Waals surface area contributed by atoms with Crippen molar-refractivity contribution in [2.24, 2.45) is 0 Å². The minimum atomic E-state index is 0.294. The lowest BCUT2D eigenvalue weighted by molar-refractivity contribution is 0.737. The van der Waals surface area contributed by atoms with Gasteiger partial charge < -0.3 is 5.73 Å². The minimum absolute atomic E-state index is 0.294. The molecule has 0 radical (unpaired) electrons. The van der Waals surface area contributed by atoms with Gasteiger partial charge in [0.15, 0.2) is 0 Å². The van der Waals surface area contributed by atoms with Crippen LogP contribution in [-0.4, -0.2) is 19.7 Å². The number of rotatable bonds is 2. The van der Waals surface area contributed by atoms with Gasteiger partial charge in [0.05, 0.1) is 17.6 Å². The summed E-state index contributed by atoms with van der Waals surface area (Å²) in [5, 5.41) is 4.43. The van der Waals surface area contributed by atoms with Crippen LogP contribution in [0.4, 0.5) is 5.69 Å². The molecule has 5 nitrogen and oxygen atoms in total. The third-order valence-corrected chi connectivity index (χ3v) is 2.49. The fourth-order valence-corrected chi connectivity index (χ4v) is 1.76. The van der Waals surface area contributed by atoms with Crippen molar-refractivity contribution in [2.45, 2.75) is 33.6 Å². The van der Waals surface area contributed by atoms with Gasteiger partial charge in [-0.05, 0) is 25.8 Å². The molecular weight excluding hydrogens is 214 g/mol. The maximum absolute atomic E-state index is 5.92. The van der Waals surface area contributed by atoms with E-state index < -0.39 is 0 Å². The van der Waals surface area contributed by atoms with Crippen LogP contribution in [0, 0.1) is 13.8 Å². The van der Waals surface area contributed by atoms with Crippen LogP contribution in [0.5, 0.6) is 0 Å². The van der Waals surface area contributed by atoms with Gasteiger partial charge in [0.1, 0.15) is 0 Å². The van der Waals surface area contributed by atoms with E-state index in [0.29, 0.717) is 17.6 Å². The second-order valence-electron chi connectivity index (χ2n) is 4.52. The first-order valence-corrected chi connectivity index (χ1v) is 5.65. The van der Waals surface area contributed by atoms with Crippen LogP contribution in [0.2, 0.25) is 0 Å². The summed E-state index contributed by atoms with van der Waals surface area (Å²) >= 11 is 0. The number of aryl methyl sites for hydroxylation is 2. The molecule has 0 aliphatic rings. The average Bonchev–Trinajstić information content (AvgIpc) is 2.59. The van der Waals surface area contributed by atoms with Crippen LogP contribution in [0.3, 0.4) is 0 Å². The van der Waals surface area contributed by atoms with Gasteiger partial charge >= 0.3 is 0 Å². The quantitative estimate of drug-likeness (QED) is 0.858. The largest absolute Gasteiger partial charge is 0.396 e. The highest BCUT2D eigenvalue weighted by molar-refractivity contribution is 5.43. The Balaban J connectivity index is 2.49. The van der Waals surface area contributed by atoms with Crippen LogP contribution in [0.25, 0.3) is 5.95 Å². The van der Waals surface area contributed by atoms with Crippen LogP contribution in [-0.2, 0) is 0 Å². The summed E-state index contributed by atoms with van der Waals surface area (Å²) in [7, 11) is 0. The summed E-state index contributed by atoms with van der Waals surface area (Å²) in [6, 6.07) is 1.93. The van der Waals surface area contributed by atoms with Gasteiger partial charge in [-0.2, -0.15) is 5.10 Å². The zero-order valence-electron chi connectivity index (χ0n) is 10.6. The van der Waals surface area contributed by atoms with E-state index in [1.54, 1.807) is 10.9 Å². The molecule has 0 fully saturated rings. The predicted molar refractivity (Wildman–Crippen MR) is 67.1 cm³/mol. The van der Waals surface area contributed by atoms with Gasteiger partial charge in [0.2, 0.25) is 0 Å². The molecule has 0 spiro atoms. The highest BCUT2D eigenvalue weighted by Crippen LogP contribution is 2.20. The molecule has 2 aromatic rings. The fourth-order valence-electron chi connectivity index (χ4n) is 1.76. The molecular formula is C12H17N5. The summed E-state index contributed by atoms with van der Waals surface area (Å²) in [5.41, 5.74) is 9.33. The van der Waals surface area contributed by atoms with Crippen molar-refractivity contribution in [3.8, 4) is 5.95 Å². The number of hydrogen-bond donors (Lipinski definition) is 1. The van der Waals surface area contributed by atoms with E-state index in [0.717, 1.165) is 17.1 Å². The molecule has 0 aliphatic heterocycles. The van der Waals surface area contributed by atoms with E-state index in [1.165, 1.54) is 0 Å². The van der Waals surface area contributed by atoms with Crippen molar-refractivity contribution in [1.82, 2.24) is 19.7 Å². The number of anilines is 1. The molecule has 0 bridgehead atoms. The zero-order chi connectivity index (χ0) is 12.6. The van der Waals surface area contributed by atoms with Gasteiger partial charge in [-0.25, -0.2) is 14.6 Å². The van der Waals surface area contributed by atoms with E-state index in [2.05, 4.69) is 28.9 Å². The molecule has 0 unspecified atom stereocenters. The molecule has 0 atom stereocenters. The smallest absolute Gasteiger partial charge is 0.251 e. The minimum Gasteiger partial charge on any atom is -0.396 e. The topological polar surface area (TPSA) is 69.6 Å². The SMILES string of the molecule is Cc1cc(C)nc(-n2cc(N)c(C(C)C)n2)n1. The average molecular weight is 231 g/mol. The Morgan fingerprint density at radius 1 is 1.18 bits per heavy atom. The van der Waals surface area contributed by atoms with E-state index >= 15 is 0 Å². The van der Waals surface area contributed by atoms with Crippen molar-refractivity contribution in [2.75, 3.05) is 5.73 Å². The molecule has 0 saturated heterocycles. The van der Waals surface area contributed by atoms with Crippen LogP contribution in [0.1, 0.15) is 36.8 Å². The highest BCUT2D eigenvalue weighted by atomic mass is 15.3. The monoisotopic (exact) mass is 231 g/mol. The third-order valence-electron chi connectivity index (χ3n) is 2.49. The molecule has 2 N–H and O–H groups in total. The van der Waals surface area contributed by atoms with Gasteiger partial charge in [-0.1, -0.05) is 13.8 Å². The van der Waals surface area contributed by atoms with Crippen molar-refractivity contribution in [1.29, 1.82) is 0 Å². The van der Waals surface area contributed by atoms with E-state index in [9.17, 15) is 0 Å². The van der Waals surface area contributed by atoms with Gasteiger partial charge in [0.25, 0.3) is 5.95 Å². The van der Waals surface area contributed by atoms with E-state index in [4.69, 9.17) is 5.73 Å². The third kappa shape index (κ3) is 2.27. The molecule has 2 rings (SSSR count). The number of aromatic nitrogens is 4. The van der Waals surface area contributed by atoms with Crippen LogP contribution < -0.4 is 5.73 Å². The van der Waals surface area contributed by atoms with Crippen molar-refractivity contribution >= 4 is 5.69 Å². The maximum Gasteiger partial charge on any atom is 0.251 e. The number of nitrogens with two attached hydrogens (primary N) is 1. The lowest BCUT2D eigenvalue weighted by Crippen LogP contribution is -2.05. The first-order valence-electron chi connectivity index (χ1n) is 5.65. The highest BCUT2D eigenvalue weighted by Gasteiger charge is 2.12. The number of nitrogen functional groups attached to an aromatic ring is 1. The second kappa shape index (κ2) is 4.16. The molecule has 90 valence electrons. The Kier molecular flexibility index (Phi) is 2.83. The molecule has 5 heteroatoms. The summed E-state index contributed by atoms with van der Waals surface area (Å²) < 4.78 is 1.64. The Morgan fingerprint density at radius 3 is 2.24 bits per heavy atom. The van der Waals surface area contributed by atoms with Crippen molar-refractivity contribution < 1.29 is 0 Å². The Morgan fingerprint density at radius 2 is 1.76 bits per heavy atom. The molecule has 0 aromatic carbocycles. The predicted octanol–water partition coefficient (Wildman–Crippen LogP) is 1.98. The molecule has 0 amide bonds. The number of nitrogens with zero attached hydrogens (tertiary/aromatic N) is 4. The van der Waals surface area contributed by atoms with Gasteiger partial charge in [0, 0.05) is 11.4 Å². The van der Waals surface area contributed by atoms with Crippen molar-refractivity contribution in [3.63, 3.8) is 0 Å². The lowest BCUT2D eigenvalue weighted by Gasteiger charge is -2.03. The molecule has 0 saturated carbocycles. The Bertz CT molecular complexity index is 522. The van der Waals surface area contributed by atoms with Crippen LogP contribution in [0.15, 0.2) is 12.3 Å². The molecule has 2 aromatic heterocycles. The van der Waals surface area contributed by atoms with Crippen LogP contribution >= 0.6 is 0 Å². The first kappa shape index (κ1) is 11.6. The molecule has 0 aliphatic carbocycles. The molecule has 2 heterocycles. The van der Waals surface area contributed by atoms with E-state index in [-0.39, 0.29) is 0 Å². The van der Waals surface area contributed by atoms with Crippen molar-refractivity contribution in [3.05, 3.63) is 29.3 Å². The number of hydrogen-bond acceptors (Lipinski definition) is 4. The second-order valence-corrected chi connectivity index (χ2v) is 4.52. The summed E-state index contributed by atoms with van der Waals surface area (Å²) in [6.07, 6.45) is 1.77. The van der Waals surface area contributed by atoms with Gasteiger partial charge in [-0.3, -0.25) is 0 Å².